The van der Waals surface area contributed by atoms with Crippen molar-refractivity contribution >= 4 is 6.09 Å². The van der Waals surface area contributed by atoms with E-state index in [4.69, 9.17) is 0 Å². The van der Waals surface area contributed by atoms with E-state index in [0.29, 0.717) is 6.61 Å². The first-order chi connectivity index (χ1) is 4.29. The molecule has 0 saturated carbocycles. The normalized spacial score (nSPS) is 26.3. The van der Waals surface area contributed by atoms with Gasteiger partial charge in [0.2, 0.25) is 0 Å². The van der Waals surface area contributed by atoms with Crippen molar-refractivity contribution in [2.24, 2.45) is 0 Å². The van der Waals surface area contributed by atoms with Gasteiger partial charge < -0.3 is 10.1 Å². The van der Waals surface area contributed by atoms with Gasteiger partial charge in [0, 0.05) is 6.04 Å². The molecular weight excluding hydrogens is 118 g/mol. The van der Waals surface area contributed by atoms with E-state index in [2.05, 4.69) is 10.1 Å². The summed E-state index contributed by atoms with van der Waals surface area (Å²) >= 11 is 0. The molecule has 1 heterocycles. The summed E-state index contributed by atoms with van der Waals surface area (Å²) in [7, 11) is 0. The molecule has 1 N–H and O–H groups in total. The third-order valence-electron chi connectivity index (χ3n) is 1.08. The minimum absolute atomic E-state index is 0.0972. The maximum Gasteiger partial charge on any atom is 0.407 e. The Balaban J connectivity index is 2.50. The van der Waals surface area contributed by atoms with Crippen molar-refractivity contribution in [2.75, 3.05) is 6.61 Å². The Hall–Kier alpha value is -0.990. The molecule has 1 aliphatic heterocycles. The smallest absolute Gasteiger partial charge is 0.407 e. The van der Waals surface area contributed by atoms with Crippen LogP contribution < -0.4 is 5.32 Å². The number of ether oxygens (including phenoxy) is 1. The van der Waals surface area contributed by atoms with Crippen LogP contribution in [0, 0.1) is 0 Å². The molecule has 3 heteroatoms. The van der Waals surface area contributed by atoms with E-state index in [1.807, 2.05) is 19.1 Å². The molecule has 0 fully saturated rings. The highest BCUT2D eigenvalue weighted by Gasteiger charge is 2.06. The highest BCUT2D eigenvalue weighted by Crippen LogP contribution is 1.92. The summed E-state index contributed by atoms with van der Waals surface area (Å²) in [6, 6.07) is 0.0972. The fraction of sp³-hybridized carbons (Fsp3) is 0.500. The van der Waals surface area contributed by atoms with E-state index in [1.54, 1.807) is 0 Å². The van der Waals surface area contributed by atoms with E-state index < -0.39 is 0 Å². The number of amides is 1. The summed E-state index contributed by atoms with van der Waals surface area (Å²) < 4.78 is 4.64. The highest BCUT2D eigenvalue weighted by atomic mass is 16.5. The number of hydrogen-bond donors (Lipinski definition) is 1. The molecule has 0 radical (unpaired) electrons. The Morgan fingerprint density at radius 2 is 2.67 bits per heavy atom. The second kappa shape index (κ2) is 2.53. The van der Waals surface area contributed by atoms with Crippen molar-refractivity contribution in [3.05, 3.63) is 12.2 Å². The first-order valence-electron chi connectivity index (χ1n) is 2.89. The SMILES string of the molecule is CC1C=CCOC(=O)N1. The van der Waals surface area contributed by atoms with Gasteiger partial charge in [-0.2, -0.15) is 0 Å². The molecule has 0 aromatic heterocycles. The zero-order valence-corrected chi connectivity index (χ0v) is 5.26. The number of nitrogens with one attached hydrogen (secondary N) is 1. The Bertz CT molecular complexity index is 142. The van der Waals surface area contributed by atoms with Gasteiger partial charge >= 0.3 is 6.09 Å². The van der Waals surface area contributed by atoms with Crippen LogP contribution in [0.25, 0.3) is 0 Å². The lowest BCUT2D eigenvalue weighted by atomic mass is 10.3. The molecule has 1 unspecified atom stereocenters. The molecule has 3 nitrogen and oxygen atoms in total. The minimum Gasteiger partial charge on any atom is -0.445 e. The van der Waals surface area contributed by atoms with Gasteiger partial charge in [-0.15, -0.1) is 0 Å². The quantitative estimate of drug-likeness (QED) is 0.486. The predicted octanol–water partition coefficient (Wildman–Crippen LogP) is 0.671. The van der Waals surface area contributed by atoms with Gasteiger partial charge in [-0.3, -0.25) is 0 Å². The van der Waals surface area contributed by atoms with Crippen molar-refractivity contribution in [3.8, 4) is 0 Å². The van der Waals surface area contributed by atoms with Gasteiger partial charge in [0.1, 0.15) is 6.61 Å². The molecule has 0 saturated heterocycles. The molecule has 9 heavy (non-hydrogen) atoms. The first kappa shape index (κ1) is 6.13. The molecule has 1 amide bonds. The highest BCUT2D eigenvalue weighted by molar-refractivity contribution is 5.68. The monoisotopic (exact) mass is 127 g/mol. The molecule has 0 bridgehead atoms. The third kappa shape index (κ3) is 1.76. The Morgan fingerprint density at radius 3 is 3.44 bits per heavy atom. The van der Waals surface area contributed by atoms with Crippen LogP contribution in [0.15, 0.2) is 12.2 Å². The number of carbonyl (C=O) groups excluding carboxylic acids is 1. The number of hydrogen-bond acceptors (Lipinski definition) is 2. The number of cyclic esters (lactones) is 1. The topological polar surface area (TPSA) is 38.3 Å². The largest absolute Gasteiger partial charge is 0.445 e. The van der Waals surface area contributed by atoms with Gasteiger partial charge in [-0.25, -0.2) is 4.79 Å². The van der Waals surface area contributed by atoms with Crippen molar-refractivity contribution in [2.45, 2.75) is 13.0 Å². The molecule has 1 rings (SSSR count). The Kier molecular flexibility index (Phi) is 1.72. The average molecular weight is 127 g/mol. The van der Waals surface area contributed by atoms with Crippen LogP contribution in [-0.4, -0.2) is 18.7 Å². The fourth-order valence-electron chi connectivity index (χ4n) is 0.659. The van der Waals surface area contributed by atoms with Crippen LogP contribution >= 0.6 is 0 Å². The maximum atomic E-state index is 10.5. The van der Waals surface area contributed by atoms with Crippen LogP contribution in [0.3, 0.4) is 0 Å². The van der Waals surface area contributed by atoms with Crippen molar-refractivity contribution in [1.29, 1.82) is 0 Å². The van der Waals surface area contributed by atoms with Crippen LogP contribution in [0.4, 0.5) is 4.79 Å². The zero-order chi connectivity index (χ0) is 6.69. The lowest BCUT2D eigenvalue weighted by Gasteiger charge is -2.03. The van der Waals surface area contributed by atoms with Gasteiger partial charge in [0.15, 0.2) is 0 Å². The van der Waals surface area contributed by atoms with E-state index in [9.17, 15) is 4.79 Å². The predicted molar refractivity (Wildman–Crippen MR) is 33.1 cm³/mol. The second-order valence-electron chi connectivity index (χ2n) is 1.96. The molecule has 0 aromatic rings. The lowest BCUT2D eigenvalue weighted by Crippen LogP contribution is -2.29. The van der Waals surface area contributed by atoms with Crippen LogP contribution in [0.5, 0.6) is 0 Å². The maximum absolute atomic E-state index is 10.5. The van der Waals surface area contributed by atoms with Crippen molar-refractivity contribution in [1.82, 2.24) is 5.32 Å². The van der Waals surface area contributed by atoms with Crippen molar-refractivity contribution < 1.29 is 9.53 Å². The van der Waals surface area contributed by atoms with Crippen LogP contribution in [0.2, 0.25) is 0 Å². The fourth-order valence-corrected chi connectivity index (χ4v) is 0.659. The Labute approximate surface area is 53.7 Å². The van der Waals surface area contributed by atoms with E-state index in [1.165, 1.54) is 0 Å². The van der Waals surface area contributed by atoms with Gasteiger partial charge in [-0.1, -0.05) is 6.08 Å². The average Bonchev–Trinajstić information content (AvgIpc) is 1.93. The van der Waals surface area contributed by atoms with Crippen molar-refractivity contribution in [3.63, 3.8) is 0 Å². The second-order valence-corrected chi connectivity index (χ2v) is 1.96. The molecule has 0 aliphatic carbocycles. The zero-order valence-electron chi connectivity index (χ0n) is 5.26. The van der Waals surface area contributed by atoms with E-state index >= 15 is 0 Å². The van der Waals surface area contributed by atoms with Gasteiger partial charge in [0.25, 0.3) is 0 Å². The summed E-state index contributed by atoms with van der Waals surface area (Å²) in [6.45, 7) is 2.28. The minimum atomic E-state index is -0.340. The summed E-state index contributed by atoms with van der Waals surface area (Å²) in [5, 5.41) is 2.59. The van der Waals surface area contributed by atoms with Gasteiger partial charge in [-0.05, 0) is 13.0 Å². The lowest BCUT2D eigenvalue weighted by molar-refractivity contribution is 0.159. The third-order valence-corrected chi connectivity index (χ3v) is 1.08. The molecule has 0 spiro atoms. The molecule has 0 aromatic carbocycles. The van der Waals surface area contributed by atoms with E-state index in [0.717, 1.165) is 0 Å². The van der Waals surface area contributed by atoms with Crippen LogP contribution in [0.1, 0.15) is 6.92 Å². The van der Waals surface area contributed by atoms with E-state index in [-0.39, 0.29) is 12.1 Å². The first-order valence-corrected chi connectivity index (χ1v) is 2.89. The number of carbonyl (C=O) groups is 1. The molecule has 50 valence electrons. The van der Waals surface area contributed by atoms with Gasteiger partial charge in [0.05, 0.1) is 0 Å². The summed E-state index contributed by atoms with van der Waals surface area (Å²) in [6.07, 6.45) is 3.38. The standard InChI is InChI=1S/C6H9NO2/c1-5-3-2-4-9-6(8)7-5/h2-3,5H,4H2,1H3,(H,7,8). The molecular formula is C6H9NO2. The Morgan fingerprint density at radius 1 is 1.89 bits per heavy atom. The van der Waals surface area contributed by atoms with Crippen LogP contribution in [-0.2, 0) is 4.74 Å². The molecule has 1 aliphatic rings. The summed E-state index contributed by atoms with van der Waals surface area (Å²) in [5.41, 5.74) is 0. The number of rotatable bonds is 0. The molecule has 1 atom stereocenters. The summed E-state index contributed by atoms with van der Waals surface area (Å²) in [4.78, 5) is 10.5. The number of alkyl carbamates (subject to hydrolysis) is 1. The summed E-state index contributed by atoms with van der Waals surface area (Å²) in [5.74, 6) is 0.